The van der Waals surface area contributed by atoms with Crippen molar-refractivity contribution in [3.63, 3.8) is 0 Å². The Kier molecular flexibility index (Phi) is 1.61. The van der Waals surface area contributed by atoms with Crippen molar-refractivity contribution in [1.29, 1.82) is 0 Å². The fraction of sp³-hybridized carbons (Fsp3) is 0. The summed E-state index contributed by atoms with van der Waals surface area (Å²) in [4.78, 5) is 14.4. The van der Waals surface area contributed by atoms with E-state index in [-0.39, 0.29) is 11.3 Å². The van der Waals surface area contributed by atoms with Crippen LogP contribution in [0.4, 0.5) is 0 Å². The molecule has 3 aromatic rings. The van der Waals surface area contributed by atoms with Crippen molar-refractivity contribution >= 4 is 32.3 Å². The van der Waals surface area contributed by atoms with Crippen LogP contribution in [0.2, 0.25) is 0 Å². The number of pyridine rings is 1. The van der Waals surface area contributed by atoms with Gasteiger partial charge in [-0.3, -0.25) is 4.79 Å². The van der Waals surface area contributed by atoms with Gasteiger partial charge in [0.15, 0.2) is 0 Å². The molecule has 0 aliphatic heterocycles. The van der Waals surface area contributed by atoms with Crippen LogP contribution in [0.15, 0.2) is 34.4 Å². The molecule has 0 bridgehead atoms. The molecule has 0 aliphatic carbocycles. The summed E-state index contributed by atoms with van der Waals surface area (Å²) in [5.41, 5.74) is 0.573. The number of aromatic amines is 1. The quantitative estimate of drug-likeness (QED) is 0.607. The fourth-order valence-electron chi connectivity index (χ4n) is 1.75. The van der Waals surface area contributed by atoms with Crippen LogP contribution in [0, 0.1) is 0 Å². The van der Waals surface area contributed by atoms with Crippen molar-refractivity contribution in [2.24, 2.45) is 0 Å². The number of fused-ring (bicyclic) bond motifs is 3. The van der Waals surface area contributed by atoms with Crippen molar-refractivity contribution in [3.05, 3.63) is 40.0 Å². The van der Waals surface area contributed by atoms with Gasteiger partial charge in [-0.1, -0.05) is 0 Å². The Morgan fingerprint density at radius 2 is 2.07 bits per heavy atom. The molecule has 2 aromatic heterocycles. The second-order valence-corrected chi connectivity index (χ2v) is 4.26. The summed E-state index contributed by atoms with van der Waals surface area (Å²) >= 11 is 1.43. The fourth-order valence-corrected chi connectivity index (χ4v) is 2.55. The maximum Gasteiger partial charge on any atom is 0.266 e. The van der Waals surface area contributed by atoms with Crippen LogP contribution < -0.4 is 5.56 Å². The van der Waals surface area contributed by atoms with Crippen molar-refractivity contribution in [2.45, 2.75) is 0 Å². The monoisotopic (exact) mass is 217 g/mol. The molecular formula is C11H7NO2S. The molecule has 0 spiro atoms. The van der Waals surface area contributed by atoms with E-state index in [9.17, 15) is 9.90 Å². The molecule has 0 fully saturated rings. The highest BCUT2D eigenvalue weighted by molar-refractivity contribution is 7.17. The number of aromatic hydroxyl groups is 1. The molecule has 4 heteroatoms. The van der Waals surface area contributed by atoms with Gasteiger partial charge in [0.2, 0.25) is 0 Å². The van der Waals surface area contributed by atoms with Gasteiger partial charge in [0.25, 0.3) is 5.56 Å². The molecule has 0 atom stereocenters. The van der Waals surface area contributed by atoms with Crippen molar-refractivity contribution in [1.82, 2.24) is 4.98 Å². The largest absolute Gasteiger partial charge is 0.508 e. The molecule has 2 heterocycles. The van der Waals surface area contributed by atoms with Gasteiger partial charge in [-0.2, -0.15) is 0 Å². The van der Waals surface area contributed by atoms with E-state index in [4.69, 9.17) is 0 Å². The lowest BCUT2D eigenvalue weighted by molar-refractivity contribution is 0.476. The smallest absolute Gasteiger partial charge is 0.266 e. The molecule has 0 saturated heterocycles. The van der Waals surface area contributed by atoms with Crippen LogP contribution in [-0.4, -0.2) is 10.1 Å². The van der Waals surface area contributed by atoms with E-state index in [2.05, 4.69) is 4.98 Å². The highest BCUT2D eigenvalue weighted by Crippen LogP contribution is 2.26. The van der Waals surface area contributed by atoms with E-state index in [0.29, 0.717) is 5.52 Å². The van der Waals surface area contributed by atoms with Gasteiger partial charge in [0.05, 0.1) is 5.52 Å². The highest BCUT2D eigenvalue weighted by Gasteiger charge is 2.05. The lowest BCUT2D eigenvalue weighted by Crippen LogP contribution is -2.03. The van der Waals surface area contributed by atoms with Gasteiger partial charge in [-0.15, -0.1) is 11.3 Å². The number of rotatable bonds is 0. The summed E-state index contributed by atoms with van der Waals surface area (Å²) in [6.45, 7) is 0. The van der Waals surface area contributed by atoms with E-state index in [1.807, 2.05) is 17.5 Å². The predicted octanol–water partition coefficient (Wildman–Crippen LogP) is 2.45. The van der Waals surface area contributed by atoms with E-state index in [0.717, 1.165) is 15.5 Å². The topological polar surface area (TPSA) is 53.1 Å². The predicted molar refractivity (Wildman–Crippen MR) is 61.6 cm³/mol. The Hall–Kier alpha value is -1.81. The van der Waals surface area contributed by atoms with Crippen molar-refractivity contribution in [3.8, 4) is 5.75 Å². The molecule has 15 heavy (non-hydrogen) atoms. The molecule has 2 N–H and O–H groups in total. The minimum absolute atomic E-state index is 0.0990. The molecule has 0 aliphatic rings. The first-order valence-electron chi connectivity index (χ1n) is 4.48. The van der Waals surface area contributed by atoms with Crippen LogP contribution >= 0.6 is 11.3 Å². The summed E-state index contributed by atoms with van der Waals surface area (Å²) < 4.78 is 0.730. The lowest BCUT2D eigenvalue weighted by Gasteiger charge is -1.99. The maximum atomic E-state index is 11.6. The summed E-state index contributed by atoms with van der Waals surface area (Å²) in [6.07, 6.45) is 0. The minimum atomic E-state index is -0.0990. The molecule has 0 saturated carbocycles. The molecule has 0 radical (unpaired) electrons. The Labute approximate surface area is 88.6 Å². The first-order chi connectivity index (χ1) is 7.25. The number of hydrogen-bond acceptors (Lipinski definition) is 3. The maximum absolute atomic E-state index is 11.6. The second kappa shape index (κ2) is 2.84. The first-order valence-corrected chi connectivity index (χ1v) is 5.36. The lowest BCUT2D eigenvalue weighted by atomic mass is 10.1. The molecule has 3 rings (SSSR count). The number of aromatic nitrogens is 1. The molecule has 3 nitrogen and oxygen atoms in total. The molecule has 74 valence electrons. The third-order valence-corrected chi connectivity index (χ3v) is 3.33. The van der Waals surface area contributed by atoms with Gasteiger partial charge in [-0.25, -0.2) is 0 Å². The standard InChI is InChI=1S/C11H7NO2S/c13-6-1-2-7-8-3-4-15-10(8)11(14)12-9(7)5-6/h1-5,13H,(H,12,14). The van der Waals surface area contributed by atoms with Crippen LogP contribution in [0.25, 0.3) is 21.0 Å². The molecular weight excluding hydrogens is 210 g/mol. The number of H-pyrrole nitrogens is 1. The average Bonchev–Trinajstić information content (AvgIpc) is 2.66. The minimum Gasteiger partial charge on any atom is -0.508 e. The number of nitrogens with one attached hydrogen (secondary N) is 1. The summed E-state index contributed by atoms with van der Waals surface area (Å²) in [5.74, 6) is 0.160. The Morgan fingerprint density at radius 1 is 1.20 bits per heavy atom. The molecule has 0 amide bonds. The van der Waals surface area contributed by atoms with Gasteiger partial charge in [-0.05, 0) is 23.6 Å². The third-order valence-electron chi connectivity index (χ3n) is 2.41. The third kappa shape index (κ3) is 1.15. The zero-order chi connectivity index (χ0) is 10.4. The summed E-state index contributed by atoms with van der Waals surface area (Å²) in [7, 11) is 0. The Morgan fingerprint density at radius 3 is 2.93 bits per heavy atom. The van der Waals surface area contributed by atoms with Crippen molar-refractivity contribution < 1.29 is 5.11 Å². The zero-order valence-corrected chi connectivity index (χ0v) is 8.47. The highest BCUT2D eigenvalue weighted by atomic mass is 32.1. The SMILES string of the molecule is O=c1[nH]c2cc(O)ccc2c2ccsc12. The van der Waals surface area contributed by atoms with E-state index in [1.54, 1.807) is 12.1 Å². The number of hydrogen-bond donors (Lipinski definition) is 2. The normalized spacial score (nSPS) is 11.2. The van der Waals surface area contributed by atoms with Crippen LogP contribution in [0.3, 0.4) is 0 Å². The summed E-state index contributed by atoms with van der Waals surface area (Å²) in [5, 5.41) is 13.1. The number of benzene rings is 1. The average molecular weight is 217 g/mol. The zero-order valence-electron chi connectivity index (χ0n) is 7.65. The van der Waals surface area contributed by atoms with Gasteiger partial charge < -0.3 is 10.1 Å². The van der Waals surface area contributed by atoms with E-state index >= 15 is 0 Å². The summed E-state index contributed by atoms with van der Waals surface area (Å²) in [6, 6.07) is 6.93. The Bertz CT molecular complexity index is 711. The van der Waals surface area contributed by atoms with Crippen LogP contribution in [-0.2, 0) is 0 Å². The van der Waals surface area contributed by atoms with Crippen molar-refractivity contribution in [2.75, 3.05) is 0 Å². The van der Waals surface area contributed by atoms with Gasteiger partial charge in [0.1, 0.15) is 10.4 Å². The van der Waals surface area contributed by atoms with Crippen LogP contribution in [0.1, 0.15) is 0 Å². The van der Waals surface area contributed by atoms with Crippen LogP contribution in [0.5, 0.6) is 5.75 Å². The number of thiophene rings is 1. The first kappa shape index (κ1) is 8.49. The van der Waals surface area contributed by atoms with E-state index in [1.165, 1.54) is 11.3 Å². The van der Waals surface area contributed by atoms with E-state index < -0.39 is 0 Å². The van der Waals surface area contributed by atoms with Gasteiger partial charge >= 0.3 is 0 Å². The number of phenols is 1. The molecule has 0 unspecified atom stereocenters. The Balaban J connectivity index is 2.66. The number of phenolic OH excluding ortho intramolecular Hbond substituents is 1. The molecule has 1 aromatic carbocycles. The van der Waals surface area contributed by atoms with Gasteiger partial charge in [0, 0.05) is 16.8 Å². The second-order valence-electron chi connectivity index (χ2n) is 3.35.